The van der Waals surface area contributed by atoms with Crippen LogP contribution in [0.5, 0.6) is 0 Å². The average Bonchev–Trinajstić information content (AvgIpc) is 2.56. The Labute approximate surface area is 94.3 Å². The first-order chi connectivity index (χ1) is 7.58. The zero-order valence-corrected chi connectivity index (χ0v) is 9.24. The van der Waals surface area contributed by atoms with Crippen molar-refractivity contribution < 1.29 is 4.84 Å². The number of hydrogen-bond donors (Lipinski definition) is 2. The highest BCUT2D eigenvalue weighted by molar-refractivity contribution is 5.44. The molecule has 0 aromatic heterocycles. The fourth-order valence-corrected chi connectivity index (χ4v) is 1.76. The minimum absolute atomic E-state index is 0.144. The average molecular weight is 215 g/mol. The van der Waals surface area contributed by atoms with E-state index < -0.39 is 5.54 Å². The Morgan fingerprint density at radius 2 is 2.00 bits per heavy atom. The zero-order chi connectivity index (χ0) is 11.8. The van der Waals surface area contributed by atoms with E-state index in [0.717, 1.165) is 5.56 Å². The molecule has 0 aliphatic carbocycles. The van der Waals surface area contributed by atoms with E-state index in [1.807, 2.05) is 38.1 Å². The first kappa shape index (κ1) is 10.5. The molecule has 0 fully saturated rings. The van der Waals surface area contributed by atoms with Gasteiger partial charge in [-0.1, -0.05) is 29.8 Å². The molecule has 1 atom stereocenters. The summed E-state index contributed by atoms with van der Waals surface area (Å²) in [6, 6.07) is 9.99. The highest BCUT2D eigenvalue weighted by Crippen LogP contribution is 2.34. The predicted octanol–water partition coefficient (Wildman–Crippen LogP) is 1.44. The van der Waals surface area contributed by atoms with E-state index in [1.54, 1.807) is 0 Å². The van der Waals surface area contributed by atoms with Crippen LogP contribution in [-0.2, 0) is 10.4 Å². The van der Waals surface area contributed by atoms with E-state index in [2.05, 4.69) is 11.5 Å². The summed E-state index contributed by atoms with van der Waals surface area (Å²) in [7, 11) is 0. The molecule has 1 aromatic rings. The van der Waals surface area contributed by atoms with Gasteiger partial charge in [-0.3, -0.25) is 0 Å². The van der Waals surface area contributed by atoms with Crippen LogP contribution in [-0.4, -0.2) is 0 Å². The number of benzene rings is 1. The SMILES string of the molecule is Cc1ccc(C2(C)NOC(N)=C2C#N)cc1. The van der Waals surface area contributed by atoms with Gasteiger partial charge in [-0.25, -0.2) is 0 Å². The Bertz CT molecular complexity index is 484. The molecular formula is C12H13N3O. The van der Waals surface area contributed by atoms with Crippen molar-refractivity contribution in [2.24, 2.45) is 5.73 Å². The van der Waals surface area contributed by atoms with E-state index in [4.69, 9.17) is 15.8 Å². The first-order valence-corrected chi connectivity index (χ1v) is 4.99. The highest BCUT2D eigenvalue weighted by Gasteiger charge is 2.40. The van der Waals surface area contributed by atoms with Crippen molar-refractivity contribution in [3.05, 3.63) is 46.8 Å². The Hall–Kier alpha value is -1.99. The van der Waals surface area contributed by atoms with Crippen molar-refractivity contribution in [2.75, 3.05) is 0 Å². The van der Waals surface area contributed by atoms with Crippen LogP contribution in [0.3, 0.4) is 0 Å². The number of nitriles is 1. The van der Waals surface area contributed by atoms with Crippen molar-refractivity contribution in [1.29, 1.82) is 5.26 Å². The Morgan fingerprint density at radius 3 is 2.56 bits per heavy atom. The van der Waals surface area contributed by atoms with E-state index in [-0.39, 0.29) is 5.88 Å². The van der Waals surface area contributed by atoms with Crippen LogP contribution in [0.25, 0.3) is 0 Å². The number of hydrogen-bond acceptors (Lipinski definition) is 4. The maximum Gasteiger partial charge on any atom is 0.225 e. The largest absolute Gasteiger partial charge is 0.389 e. The quantitative estimate of drug-likeness (QED) is 0.743. The van der Waals surface area contributed by atoms with Crippen LogP contribution in [0.1, 0.15) is 18.1 Å². The second-order valence-corrected chi connectivity index (χ2v) is 4.05. The third-order valence-corrected chi connectivity index (χ3v) is 2.85. The van der Waals surface area contributed by atoms with Crippen molar-refractivity contribution in [1.82, 2.24) is 5.48 Å². The molecule has 4 heteroatoms. The normalized spacial score (nSPS) is 24.1. The van der Waals surface area contributed by atoms with Crippen LogP contribution < -0.4 is 11.2 Å². The maximum atomic E-state index is 9.08. The molecule has 1 aliphatic rings. The molecule has 82 valence electrons. The molecule has 0 saturated heterocycles. The topological polar surface area (TPSA) is 71.1 Å². The van der Waals surface area contributed by atoms with Crippen molar-refractivity contribution in [3.63, 3.8) is 0 Å². The Kier molecular flexibility index (Phi) is 2.33. The van der Waals surface area contributed by atoms with Crippen molar-refractivity contribution >= 4 is 0 Å². The number of nitrogens with zero attached hydrogens (tertiary/aromatic N) is 1. The summed E-state index contributed by atoms with van der Waals surface area (Å²) in [6.07, 6.45) is 0. The van der Waals surface area contributed by atoms with Crippen molar-refractivity contribution in [2.45, 2.75) is 19.4 Å². The molecule has 0 radical (unpaired) electrons. The summed E-state index contributed by atoms with van der Waals surface area (Å²) in [5.74, 6) is 0.144. The molecule has 0 bridgehead atoms. The lowest BCUT2D eigenvalue weighted by Gasteiger charge is -2.22. The van der Waals surface area contributed by atoms with E-state index in [0.29, 0.717) is 5.57 Å². The molecule has 3 N–H and O–H groups in total. The highest BCUT2D eigenvalue weighted by atomic mass is 16.7. The molecule has 1 aromatic carbocycles. The molecule has 0 amide bonds. The van der Waals surface area contributed by atoms with Crippen LogP contribution in [0.15, 0.2) is 35.7 Å². The lowest BCUT2D eigenvalue weighted by Crippen LogP contribution is -2.35. The number of hydroxylamine groups is 1. The van der Waals surface area contributed by atoms with Gasteiger partial charge < -0.3 is 10.6 Å². The van der Waals surface area contributed by atoms with Gasteiger partial charge in [0, 0.05) is 0 Å². The van der Waals surface area contributed by atoms with Gasteiger partial charge in [0.1, 0.15) is 17.2 Å². The molecule has 2 rings (SSSR count). The monoisotopic (exact) mass is 215 g/mol. The van der Waals surface area contributed by atoms with Gasteiger partial charge in [-0.2, -0.15) is 5.26 Å². The lowest BCUT2D eigenvalue weighted by atomic mass is 9.86. The minimum atomic E-state index is -0.660. The van der Waals surface area contributed by atoms with Gasteiger partial charge in [0.15, 0.2) is 0 Å². The lowest BCUT2D eigenvalue weighted by molar-refractivity contribution is 0.0822. The molecular weight excluding hydrogens is 202 g/mol. The van der Waals surface area contributed by atoms with E-state index >= 15 is 0 Å². The molecule has 0 saturated carbocycles. The molecule has 1 heterocycles. The third kappa shape index (κ3) is 1.42. The van der Waals surface area contributed by atoms with Gasteiger partial charge in [0.2, 0.25) is 5.88 Å². The molecule has 16 heavy (non-hydrogen) atoms. The van der Waals surface area contributed by atoms with Crippen LogP contribution in [0.4, 0.5) is 0 Å². The van der Waals surface area contributed by atoms with Crippen LogP contribution in [0, 0.1) is 18.3 Å². The summed E-state index contributed by atoms with van der Waals surface area (Å²) in [5.41, 5.74) is 10.3. The second-order valence-electron chi connectivity index (χ2n) is 4.05. The van der Waals surface area contributed by atoms with Gasteiger partial charge in [-0.15, -0.1) is 5.48 Å². The number of rotatable bonds is 1. The fourth-order valence-electron chi connectivity index (χ4n) is 1.76. The summed E-state index contributed by atoms with van der Waals surface area (Å²) >= 11 is 0. The summed E-state index contributed by atoms with van der Waals surface area (Å²) in [4.78, 5) is 5.04. The van der Waals surface area contributed by atoms with E-state index in [9.17, 15) is 0 Å². The fraction of sp³-hybridized carbons (Fsp3) is 0.250. The summed E-state index contributed by atoms with van der Waals surface area (Å²) < 4.78 is 0. The first-order valence-electron chi connectivity index (χ1n) is 4.99. The maximum absolute atomic E-state index is 9.08. The van der Waals surface area contributed by atoms with Crippen LogP contribution in [0.2, 0.25) is 0 Å². The standard InChI is InChI=1S/C12H13N3O/c1-8-3-5-9(6-4-8)12(2)10(7-13)11(14)16-15-12/h3-6,15H,14H2,1-2H3. The van der Waals surface area contributed by atoms with Gasteiger partial charge in [-0.05, 0) is 19.4 Å². The van der Waals surface area contributed by atoms with Crippen LogP contribution >= 0.6 is 0 Å². The Balaban J connectivity index is 2.49. The van der Waals surface area contributed by atoms with Gasteiger partial charge in [0.05, 0.1) is 0 Å². The zero-order valence-electron chi connectivity index (χ0n) is 9.24. The predicted molar refractivity (Wildman–Crippen MR) is 59.6 cm³/mol. The van der Waals surface area contributed by atoms with Gasteiger partial charge in [0.25, 0.3) is 0 Å². The number of nitrogens with two attached hydrogens (primary N) is 1. The summed E-state index contributed by atoms with van der Waals surface area (Å²) in [6.45, 7) is 3.89. The molecule has 1 aliphatic heterocycles. The Morgan fingerprint density at radius 1 is 1.38 bits per heavy atom. The summed E-state index contributed by atoms with van der Waals surface area (Å²) in [5, 5.41) is 9.08. The number of nitrogens with one attached hydrogen (secondary N) is 1. The number of aryl methyl sites for hydroxylation is 1. The van der Waals surface area contributed by atoms with E-state index in [1.165, 1.54) is 5.56 Å². The van der Waals surface area contributed by atoms with Gasteiger partial charge >= 0.3 is 0 Å². The smallest absolute Gasteiger partial charge is 0.225 e. The minimum Gasteiger partial charge on any atom is -0.389 e. The van der Waals surface area contributed by atoms with Crippen molar-refractivity contribution in [3.8, 4) is 6.07 Å². The molecule has 4 nitrogen and oxygen atoms in total. The third-order valence-electron chi connectivity index (χ3n) is 2.85. The molecule has 0 spiro atoms. The molecule has 1 unspecified atom stereocenters. The second kappa shape index (κ2) is 3.54.